The van der Waals surface area contributed by atoms with Gasteiger partial charge in [-0.25, -0.2) is 4.98 Å². The summed E-state index contributed by atoms with van der Waals surface area (Å²) in [6.45, 7) is 0.820. The molecule has 6 nitrogen and oxygen atoms in total. The summed E-state index contributed by atoms with van der Waals surface area (Å²) in [5.41, 5.74) is 7.78. The fourth-order valence-electron chi connectivity index (χ4n) is 3.01. The fourth-order valence-corrected chi connectivity index (χ4v) is 3.01. The molecule has 1 aromatic carbocycles. The highest BCUT2D eigenvalue weighted by atomic mass is 16.2. The molecule has 1 unspecified atom stereocenters. The number of aryl methyl sites for hydroxylation is 1. The summed E-state index contributed by atoms with van der Waals surface area (Å²) in [6.07, 6.45) is 5.15. The first-order chi connectivity index (χ1) is 10.2. The topological polar surface area (TPSA) is 78.7 Å². The third-order valence-electron chi connectivity index (χ3n) is 4.15. The normalized spacial score (nSPS) is 17.8. The average Bonchev–Trinajstić information content (AvgIpc) is 3.11. The van der Waals surface area contributed by atoms with Crippen molar-refractivity contribution in [1.29, 1.82) is 0 Å². The highest BCUT2D eigenvalue weighted by molar-refractivity contribution is 5.97. The van der Waals surface area contributed by atoms with Crippen LogP contribution in [0.4, 0.5) is 5.82 Å². The molecule has 1 atom stereocenters. The third-order valence-corrected chi connectivity index (χ3v) is 4.15. The van der Waals surface area contributed by atoms with Gasteiger partial charge in [0.15, 0.2) is 5.82 Å². The van der Waals surface area contributed by atoms with Crippen molar-refractivity contribution in [3.8, 4) is 0 Å². The van der Waals surface area contributed by atoms with E-state index in [1.54, 1.807) is 0 Å². The minimum absolute atomic E-state index is 0.00958. The molecule has 0 saturated carbocycles. The smallest absolute Gasteiger partial charge is 0.251 e. The van der Waals surface area contributed by atoms with Gasteiger partial charge < -0.3 is 10.3 Å². The molecule has 0 bridgehead atoms. The Kier molecular flexibility index (Phi) is 2.57. The summed E-state index contributed by atoms with van der Waals surface area (Å²) in [5, 5.41) is 5.06. The van der Waals surface area contributed by atoms with E-state index in [1.165, 1.54) is 4.68 Å². The van der Waals surface area contributed by atoms with Crippen molar-refractivity contribution < 1.29 is 4.79 Å². The van der Waals surface area contributed by atoms with Gasteiger partial charge in [0.1, 0.15) is 0 Å². The fraction of sp³-hybridized carbons (Fsp3) is 0.267. The molecular weight excluding hydrogens is 266 g/mol. The van der Waals surface area contributed by atoms with Crippen LogP contribution in [0.25, 0.3) is 10.9 Å². The highest BCUT2D eigenvalue weighted by Crippen LogP contribution is 2.25. The van der Waals surface area contributed by atoms with Gasteiger partial charge in [0.05, 0.1) is 11.8 Å². The molecule has 0 radical (unpaired) electrons. The van der Waals surface area contributed by atoms with Crippen LogP contribution >= 0.6 is 0 Å². The molecule has 21 heavy (non-hydrogen) atoms. The number of imidazole rings is 1. The highest BCUT2D eigenvalue weighted by Gasteiger charge is 2.27. The lowest BCUT2D eigenvalue weighted by atomic mass is 9.95. The van der Waals surface area contributed by atoms with E-state index in [0.29, 0.717) is 12.2 Å². The number of para-hydroxylation sites is 1. The number of nitrogen functional groups attached to an aromatic ring is 1. The average molecular weight is 281 g/mol. The zero-order valence-electron chi connectivity index (χ0n) is 11.4. The number of nitrogens with two attached hydrogens (primary N) is 1. The van der Waals surface area contributed by atoms with Crippen LogP contribution in [0, 0.1) is 5.92 Å². The minimum Gasteiger partial charge on any atom is -0.382 e. The Labute approximate surface area is 121 Å². The Morgan fingerprint density at radius 3 is 3.10 bits per heavy atom. The van der Waals surface area contributed by atoms with Gasteiger partial charge in [-0.1, -0.05) is 12.1 Å². The number of nitrogens with zero attached hydrogens (tertiary/aromatic N) is 4. The van der Waals surface area contributed by atoms with Crippen LogP contribution in [0.1, 0.15) is 16.9 Å². The predicted molar refractivity (Wildman–Crippen MR) is 78.8 cm³/mol. The number of anilines is 1. The first kappa shape index (κ1) is 12.1. The first-order valence-corrected chi connectivity index (χ1v) is 7.00. The molecule has 4 rings (SSSR count). The van der Waals surface area contributed by atoms with Gasteiger partial charge in [0, 0.05) is 36.2 Å². The van der Waals surface area contributed by atoms with Crippen molar-refractivity contribution in [3.05, 3.63) is 42.5 Å². The molecule has 0 fully saturated rings. The van der Waals surface area contributed by atoms with Gasteiger partial charge in [0.2, 0.25) is 0 Å². The maximum absolute atomic E-state index is 12.8. The largest absolute Gasteiger partial charge is 0.382 e. The van der Waals surface area contributed by atoms with Crippen LogP contribution in [0.5, 0.6) is 0 Å². The maximum Gasteiger partial charge on any atom is 0.251 e. The number of aromatic nitrogens is 4. The standard InChI is InChI=1S/C15H15N5O/c16-14-12-3-1-2-4-13(12)20(18-14)15(21)10-5-6-19-9-17-8-11(19)7-10/h1-4,8-10H,5-7H2,(H2,16,18). The van der Waals surface area contributed by atoms with Gasteiger partial charge in [-0.05, 0) is 18.6 Å². The Balaban J connectivity index is 1.71. The zero-order valence-corrected chi connectivity index (χ0v) is 11.4. The first-order valence-electron chi connectivity index (χ1n) is 7.00. The molecule has 6 heteroatoms. The molecule has 2 N–H and O–H groups in total. The van der Waals surface area contributed by atoms with Crippen LogP contribution in [0.15, 0.2) is 36.8 Å². The molecule has 1 aliphatic heterocycles. The summed E-state index contributed by atoms with van der Waals surface area (Å²) >= 11 is 0. The molecule has 0 spiro atoms. The van der Waals surface area contributed by atoms with Gasteiger partial charge in [0.25, 0.3) is 5.91 Å². The third kappa shape index (κ3) is 1.83. The quantitative estimate of drug-likeness (QED) is 0.736. The molecule has 0 amide bonds. The summed E-state index contributed by atoms with van der Waals surface area (Å²) in [5.74, 6) is 0.340. The summed E-state index contributed by atoms with van der Waals surface area (Å²) in [4.78, 5) is 16.9. The van der Waals surface area contributed by atoms with Crippen molar-refractivity contribution in [3.63, 3.8) is 0 Å². The van der Waals surface area contributed by atoms with E-state index < -0.39 is 0 Å². The summed E-state index contributed by atoms with van der Waals surface area (Å²) < 4.78 is 3.56. The maximum atomic E-state index is 12.8. The minimum atomic E-state index is -0.0723. The molecule has 1 aliphatic rings. The van der Waals surface area contributed by atoms with Crippen molar-refractivity contribution in [2.45, 2.75) is 19.4 Å². The van der Waals surface area contributed by atoms with Crippen molar-refractivity contribution in [2.75, 3.05) is 5.73 Å². The predicted octanol–water partition coefficient (Wildman–Crippen LogP) is 1.72. The van der Waals surface area contributed by atoms with Crippen LogP contribution in [-0.4, -0.2) is 25.2 Å². The van der Waals surface area contributed by atoms with Gasteiger partial charge in [-0.3, -0.25) is 4.79 Å². The SMILES string of the molecule is Nc1nn(C(=O)C2CCn3cncc3C2)c2ccccc12. The van der Waals surface area contributed by atoms with Crippen molar-refractivity contribution >= 4 is 22.6 Å². The van der Waals surface area contributed by atoms with Gasteiger partial charge in [-0.2, -0.15) is 4.68 Å². The van der Waals surface area contributed by atoms with E-state index in [2.05, 4.69) is 14.6 Å². The molecule has 2 aromatic heterocycles. The van der Waals surface area contributed by atoms with Gasteiger partial charge >= 0.3 is 0 Å². The lowest BCUT2D eigenvalue weighted by molar-refractivity contribution is 0.0801. The Bertz CT molecular complexity index is 832. The monoisotopic (exact) mass is 281 g/mol. The summed E-state index contributed by atoms with van der Waals surface area (Å²) in [6, 6.07) is 7.55. The van der Waals surface area contributed by atoms with E-state index in [4.69, 9.17) is 5.73 Å². The van der Waals surface area contributed by atoms with E-state index in [0.717, 1.165) is 29.6 Å². The second-order valence-electron chi connectivity index (χ2n) is 5.42. The number of fused-ring (bicyclic) bond motifs is 2. The van der Waals surface area contributed by atoms with E-state index in [9.17, 15) is 4.79 Å². The molecule has 3 aromatic rings. The second-order valence-corrected chi connectivity index (χ2v) is 5.42. The van der Waals surface area contributed by atoms with Crippen molar-refractivity contribution in [1.82, 2.24) is 19.3 Å². The number of benzene rings is 1. The summed E-state index contributed by atoms with van der Waals surface area (Å²) in [7, 11) is 0. The number of hydrogen-bond donors (Lipinski definition) is 1. The number of carbonyl (C=O) groups excluding carboxylic acids is 1. The molecule has 0 saturated heterocycles. The number of carbonyl (C=O) groups is 1. The van der Waals surface area contributed by atoms with E-state index in [1.807, 2.05) is 36.8 Å². The molecule has 0 aliphatic carbocycles. The van der Waals surface area contributed by atoms with Crippen LogP contribution < -0.4 is 5.73 Å². The van der Waals surface area contributed by atoms with Crippen molar-refractivity contribution in [2.24, 2.45) is 5.92 Å². The zero-order chi connectivity index (χ0) is 14.4. The second kappa shape index (κ2) is 4.44. The van der Waals surface area contributed by atoms with E-state index in [-0.39, 0.29) is 11.8 Å². The molecular formula is C15H15N5O. The Morgan fingerprint density at radius 2 is 2.19 bits per heavy atom. The van der Waals surface area contributed by atoms with E-state index >= 15 is 0 Å². The van der Waals surface area contributed by atoms with Gasteiger partial charge in [-0.15, -0.1) is 5.10 Å². The van der Waals surface area contributed by atoms with Crippen LogP contribution in [0.2, 0.25) is 0 Å². The van der Waals surface area contributed by atoms with Crippen LogP contribution in [-0.2, 0) is 13.0 Å². The lowest BCUT2D eigenvalue weighted by Gasteiger charge is -2.22. The lowest BCUT2D eigenvalue weighted by Crippen LogP contribution is -2.29. The molecule has 106 valence electrons. The Hall–Kier alpha value is -2.63. The van der Waals surface area contributed by atoms with Crippen LogP contribution in [0.3, 0.4) is 0 Å². The number of rotatable bonds is 1. The number of hydrogen-bond acceptors (Lipinski definition) is 4. The molecule has 3 heterocycles. The Morgan fingerprint density at radius 1 is 1.33 bits per heavy atom.